The monoisotopic (exact) mass is 366 g/mol. The van der Waals surface area contributed by atoms with Crippen LogP contribution in [-0.2, 0) is 12.8 Å². The standard InChI is InChI=1S/C19H18N4O2S/c1-24-14-6-3-12(17(10-14)25-2)5-8-18-22-23-19(26-18)13-4-7-15-16(9-13)21-11-20-15/h3-4,6-7,9-11H,5,8H2,1-2H3,(H,20,21). The molecule has 7 heteroatoms. The highest BCUT2D eigenvalue weighted by atomic mass is 32.1. The average Bonchev–Trinajstić information content (AvgIpc) is 3.34. The van der Waals surface area contributed by atoms with Gasteiger partial charge in [-0.15, -0.1) is 10.2 Å². The Morgan fingerprint density at radius 2 is 1.92 bits per heavy atom. The van der Waals surface area contributed by atoms with E-state index in [1.807, 2.05) is 30.3 Å². The van der Waals surface area contributed by atoms with Crippen molar-refractivity contribution in [1.29, 1.82) is 0 Å². The number of fused-ring (bicyclic) bond motifs is 1. The summed E-state index contributed by atoms with van der Waals surface area (Å²) in [4.78, 5) is 7.37. The van der Waals surface area contributed by atoms with Gasteiger partial charge in [-0.1, -0.05) is 17.4 Å². The minimum Gasteiger partial charge on any atom is -0.497 e. The topological polar surface area (TPSA) is 72.9 Å². The van der Waals surface area contributed by atoms with Gasteiger partial charge in [0.1, 0.15) is 21.5 Å². The van der Waals surface area contributed by atoms with Crippen LogP contribution in [0.3, 0.4) is 0 Å². The molecule has 0 saturated heterocycles. The van der Waals surface area contributed by atoms with E-state index in [9.17, 15) is 0 Å². The molecule has 0 amide bonds. The molecule has 0 radical (unpaired) electrons. The summed E-state index contributed by atoms with van der Waals surface area (Å²) >= 11 is 1.62. The lowest BCUT2D eigenvalue weighted by Crippen LogP contribution is -1.96. The number of aromatic amines is 1. The summed E-state index contributed by atoms with van der Waals surface area (Å²) in [5, 5.41) is 10.6. The minimum atomic E-state index is 0.790. The van der Waals surface area contributed by atoms with Gasteiger partial charge in [0.15, 0.2) is 0 Å². The molecular formula is C19H18N4O2S. The Kier molecular flexibility index (Phi) is 4.53. The molecule has 0 spiro atoms. The second-order valence-corrected chi connectivity index (χ2v) is 6.88. The Labute approximate surface area is 154 Å². The predicted octanol–water partition coefficient (Wildman–Crippen LogP) is 3.88. The number of hydrogen-bond donors (Lipinski definition) is 1. The van der Waals surface area contributed by atoms with Crippen LogP contribution >= 0.6 is 11.3 Å². The maximum Gasteiger partial charge on any atom is 0.147 e. The first-order valence-corrected chi connectivity index (χ1v) is 9.05. The number of methoxy groups -OCH3 is 2. The SMILES string of the molecule is COc1ccc(CCc2nnc(-c3ccc4nc[nH]c4c3)s2)c(OC)c1. The largest absolute Gasteiger partial charge is 0.497 e. The highest BCUT2D eigenvalue weighted by Crippen LogP contribution is 2.28. The third-order valence-corrected chi connectivity index (χ3v) is 5.27. The Balaban J connectivity index is 1.50. The summed E-state index contributed by atoms with van der Waals surface area (Å²) in [5.74, 6) is 1.62. The lowest BCUT2D eigenvalue weighted by atomic mass is 10.1. The van der Waals surface area contributed by atoms with Crippen LogP contribution in [0.5, 0.6) is 11.5 Å². The number of rotatable bonds is 6. The quantitative estimate of drug-likeness (QED) is 0.560. The van der Waals surface area contributed by atoms with Gasteiger partial charge in [0, 0.05) is 18.1 Å². The lowest BCUT2D eigenvalue weighted by molar-refractivity contribution is 0.391. The minimum absolute atomic E-state index is 0.790. The maximum absolute atomic E-state index is 5.46. The van der Waals surface area contributed by atoms with Crippen molar-refractivity contribution in [3.63, 3.8) is 0 Å². The molecule has 2 aromatic heterocycles. The van der Waals surface area contributed by atoms with Crippen LogP contribution in [0, 0.1) is 0 Å². The van der Waals surface area contributed by atoms with Crippen LogP contribution in [0.1, 0.15) is 10.6 Å². The fraction of sp³-hybridized carbons (Fsp3) is 0.211. The number of ether oxygens (including phenoxy) is 2. The summed E-state index contributed by atoms with van der Waals surface area (Å²) in [6.07, 6.45) is 3.34. The molecular weight excluding hydrogens is 348 g/mol. The second kappa shape index (κ2) is 7.13. The van der Waals surface area contributed by atoms with E-state index < -0.39 is 0 Å². The summed E-state index contributed by atoms with van der Waals surface area (Å²) in [7, 11) is 3.32. The third-order valence-electron chi connectivity index (χ3n) is 4.24. The fourth-order valence-electron chi connectivity index (χ4n) is 2.84. The molecule has 6 nitrogen and oxygen atoms in total. The molecule has 0 atom stereocenters. The first-order chi connectivity index (χ1) is 12.8. The van der Waals surface area contributed by atoms with E-state index in [1.165, 1.54) is 0 Å². The van der Waals surface area contributed by atoms with Gasteiger partial charge in [-0.2, -0.15) is 0 Å². The molecule has 0 aliphatic rings. The zero-order chi connectivity index (χ0) is 17.9. The Morgan fingerprint density at radius 1 is 1.00 bits per heavy atom. The number of imidazole rings is 1. The molecule has 0 bridgehead atoms. The number of H-pyrrole nitrogens is 1. The van der Waals surface area contributed by atoms with Gasteiger partial charge in [0.2, 0.25) is 0 Å². The zero-order valence-electron chi connectivity index (χ0n) is 14.5. The summed E-state index contributed by atoms with van der Waals surface area (Å²) < 4.78 is 10.7. The van der Waals surface area contributed by atoms with E-state index in [-0.39, 0.29) is 0 Å². The Hall–Kier alpha value is -2.93. The fourth-order valence-corrected chi connectivity index (χ4v) is 3.68. The molecule has 26 heavy (non-hydrogen) atoms. The summed E-state index contributed by atoms with van der Waals surface area (Å²) in [6.45, 7) is 0. The van der Waals surface area contributed by atoms with Crippen LogP contribution in [0.2, 0.25) is 0 Å². The molecule has 0 aliphatic carbocycles. The van der Waals surface area contributed by atoms with Crippen LogP contribution in [0.4, 0.5) is 0 Å². The molecule has 2 heterocycles. The Bertz CT molecular complexity index is 1040. The van der Waals surface area contributed by atoms with Crippen LogP contribution in [0.25, 0.3) is 21.6 Å². The van der Waals surface area contributed by atoms with Gasteiger partial charge in [0.25, 0.3) is 0 Å². The van der Waals surface area contributed by atoms with E-state index in [0.29, 0.717) is 0 Å². The highest BCUT2D eigenvalue weighted by Gasteiger charge is 2.10. The summed E-state index contributed by atoms with van der Waals surface area (Å²) in [6, 6.07) is 12.0. The average molecular weight is 366 g/mol. The van der Waals surface area contributed by atoms with Gasteiger partial charge < -0.3 is 14.5 Å². The first-order valence-electron chi connectivity index (χ1n) is 8.23. The zero-order valence-corrected chi connectivity index (χ0v) is 15.3. The van der Waals surface area contributed by atoms with Crippen molar-refractivity contribution < 1.29 is 9.47 Å². The van der Waals surface area contributed by atoms with Crippen molar-refractivity contribution >= 4 is 22.4 Å². The van der Waals surface area contributed by atoms with E-state index in [1.54, 1.807) is 31.9 Å². The molecule has 4 rings (SSSR count). The van der Waals surface area contributed by atoms with Crippen LogP contribution in [0.15, 0.2) is 42.7 Å². The smallest absolute Gasteiger partial charge is 0.147 e. The molecule has 2 aromatic carbocycles. The van der Waals surface area contributed by atoms with Crippen LogP contribution < -0.4 is 9.47 Å². The van der Waals surface area contributed by atoms with E-state index >= 15 is 0 Å². The molecule has 132 valence electrons. The second-order valence-electron chi connectivity index (χ2n) is 5.81. The van der Waals surface area contributed by atoms with Crippen molar-refractivity contribution in [2.75, 3.05) is 14.2 Å². The predicted molar refractivity (Wildman–Crippen MR) is 102 cm³/mol. The van der Waals surface area contributed by atoms with Crippen molar-refractivity contribution in [2.45, 2.75) is 12.8 Å². The number of hydrogen-bond acceptors (Lipinski definition) is 6. The molecule has 0 unspecified atom stereocenters. The Morgan fingerprint density at radius 3 is 2.77 bits per heavy atom. The molecule has 4 aromatic rings. The molecule has 0 fully saturated rings. The normalized spacial score (nSPS) is 11.0. The number of benzene rings is 2. The summed E-state index contributed by atoms with van der Waals surface area (Å²) in [5.41, 5.74) is 4.13. The van der Waals surface area contributed by atoms with Gasteiger partial charge in [-0.3, -0.25) is 0 Å². The van der Waals surface area contributed by atoms with Gasteiger partial charge in [0.05, 0.1) is 31.6 Å². The van der Waals surface area contributed by atoms with Crippen LogP contribution in [-0.4, -0.2) is 34.4 Å². The molecule has 0 aliphatic heterocycles. The van der Waals surface area contributed by atoms with Crippen molar-refractivity contribution in [2.24, 2.45) is 0 Å². The molecule has 1 N–H and O–H groups in total. The van der Waals surface area contributed by atoms with E-state index in [2.05, 4.69) is 26.2 Å². The lowest BCUT2D eigenvalue weighted by Gasteiger charge is -2.09. The first kappa shape index (κ1) is 16.5. The van der Waals surface area contributed by atoms with E-state index in [0.717, 1.165) is 56.5 Å². The van der Waals surface area contributed by atoms with Crippen molar-refractivity contribution in [3.05, 3.63) is 53.3 Å². The van der Waals surface area contributed by atoms with Gasteiger partial charge >= 0.3 is 0 Å². The van der Waals surface area contributed by atoms with Crippen molar-refractivity contribution in [1.82, 2.24) is 20.2 Å². The van der Waals surface area contributed by atoms with E-state index in [4.69, 9.17) is 9.47 Å². The van der Waals surface area contributed by atoms with Gasteiger partial charge in [-0.25, -0.2) is 4.98 Å². The van der Waals surface area contributed by atoms with Crippen molar-refractivity contribution in [3.8, 4) is 22.1 Å². The third kappa shape index (κ3) is 3.25. The van der Waals surface area contributed by atoms with Gasteiger partial charge in [-0.05, 0) is 36.2 Å². The molecule has 0 saturated carbocycles. The number of nitrogens with one attached hydrogen (secondary N) is 1. The highest BCUT2D eigenvalue weighted by molar-refractivity contribution is 7.14. The number of aryl methyl sites for hydroxylation is 2. The number of aromatic nitrogens is 4. The number of nitrogens with zero attached hydrogens (tertiary/aromatic N) is 3. The maximum atomic E-state index is 5.46.